The summed E-state index contributed by atoms with van der Waals surface area (Å²) < 4.78 is 5.04. The molecule has 0 fully saturated rings. The number of aromatic carboxylic acids is 1. The molecule has 0 spiro atoms. The van der Waals surface area contributed by atoms with E-state index in [1.165, 1.54) is 12.1 Å². The third-order valence-corrected chi connectivity index (χ3v) is 2.39. The van der Waals surface area contributed by atoms with Crippen molar-refractivity contribution in [1.82, 2.24) is 0 Å². The molecule has 0 aliphatic rings. The molecule has 82 valence electrons. The minimum Gasteiger partial charge on any atom is -0.507 e. The number of fused-ring (bicyclic) bond motifs is 1. The second kappa shape index (κ2) is 5.40. The first kappa shape index (κ1) is 13.8. The Bertz CT molecular complexity index is 566. The van der Waals surface area contributed by atoms with Crippen molar-refractivity contribution in [2.24, 2.45) is 0 Å². The normalized spacial score (nSPS) is 9.71. The van der Waals surface area contributed by atoms with Gasteiger partial charge in [-0.3, -0.25) is 0 Å². The van der Waals surface area contributed by atoms with Crippen molar-refractivity contribution in [3.63, 3.8) is 0 Å². The number of carboxylic acid groups (broad SMARTS) is 1. The van der Waals surface area contributed by atoms with Crippen molar-refractivity contribution in [1.29, 1.82) is 0 Å². The molecule has 2 N–H and O–H groups in total. The number of phenols is 1. The maximum Gasteiger partial charge on any atom is 1.00 e. The number of benzene rings is 2. The average molecular weight is 241 g/mol. The van der Waals surface area contributed by atoms with Gasteiger partial charge in [-0.2, -0.15) is 0 Å². The van der Waals surface area contributed by atoms with E-state index in [-0.39, 0.29) is 40.9 Å². The van der Waals surface area contributed by atoms with Gasteiger partial charge in [0, 0.05) is 0 Å². The Balaban J connectivity index is 0.00000144. The molecule has 0 saturated heterocycles. The summed E-state index contributed by atoms with van der Waals surface area (Å²) in [6.07, 6.45) is 0. The van der Waals surface area contributed by atoms with Crippen LogP contribution in [-0.2, 0) is 0 Å². The molecule has 0 aliphatic carbocycles. The van der Waals surface area contributed by atoms with Gasteiger partial charge in [-0.15, -0.1) is 0 Å². The van der Waals surface area contributed by atoms with Crippen LogP contribution in [0.2, 0.25) is 0 Å². The molecule has 4 nitrogen and oxygen atoms in total. The zero-order valence-electron chi connectivity index (χ0n) is 9.60. The summed E-state index contributed by atoms with van der Waals surface area (Å²) in [5.74, 6) is -0.734. The standard InChI is InChI=1S/C12H10O4.Na/c1-16-9-3-2-7-6-11(13)10(12(14)15)5-8(7)4-9;/h2-6,13H,1H3,(H,14,15);/q;+1. The maximum absolute atomic E-state index is 10.8. The molecule has 2 aromatic rings. The number of hydrogen-bond donors (Lipinski definition) is 2. The molecule has 0 bridgehead atoms. The molecular formula is C12H10NaO4+. The molecule has 5 heteroatoms. The average Bonchev–Trinajstić information content (AvgIpc) is 2.27. The maximum atomic E-state index is 10.8. The van der Waals surface area contributed by atoms with E-state index in [0.29, 0.717) is 5.75 Å². The number of carbonyl (C=O) groups is 1. The number of aromatic hydroxyl groups is 1. The zero-order valence-corrected chi connectivity index (χ0v) is 11.6. The predicted octanol–water partition coefficient (Wildman–Crippen LogP) is -0.744. The molecule has 0 radical (unpaired) electrons. The Morgan fingerprint density at radius 3 is 2.47 bits per heavy atom. The number of ether oxygens (including phenoxy) is 1. The summed E-state index contributed by atoms with van der Waals surface area (Å²) in [7, 11) is 1.54. The topological polar surface area (TPSA) is 66.8 Å². The molecule has 0 unspecified atom stereocenters. The largest absolute Gasteiger partial charge is 1.00 e. The van der Waals surface area contributed by atoms with Crippen LogP contribution in [0.25, 0.3) is 10.8 Å². The van der Waals surface area contributed by atoms with Crippen LogP contribution in [0.1, 0.15) is 10.4 Å². The summed E-state index contributed by atoms with van der Waals surface area (Å²) in [4.78, 5) is 10.8. The van der Waals surface area contributed by atoms with E-state index in [0.717, 1.165) is 10.8 Å². The van der Waals surface area contributed by atoms with E-state index in [1.54, 1.807) is 25.3 Å². The van der Waals surface area contributed by atoms with Crippen molar-refractivity contribution in [2.45, 2.75) is 0 Å². The minimum absolute atomic E-state index is 0. The summed E-state index contributed by atoms with van der Waals surface area (Å²) in [6.45, 7) is 0. The van der Waals surface area contributed by atoms with Gasteiger partial charge in [0.1, 0.15) is 17.1 Å². The molecular weight excluding hydrogens is 231 g/mol. The van der Waals surface area contributed by atoms with Gasteiger partial charge in [0.2, 0.25) is 0 Å². The van der Waals surface area contributed by atoms with Gasteiger partial charge in [0.15, 0.2) is 0 Å². The summed E-state index contributed by atoms with van der Waals surface area (Å²) in [5, 5.41) is 19.8. The van der Waals surface area contributed by atoms with Crippen LogP contribution >= 0.6 is 0 Å². The molecule has 17 heavy (non-hydrogen) atoms. The first-order chi connectivity index (χ1) is 7.61. The van der Waals surface area contributed by atoms with E-state index in [9.17, 15) is 9.90 Å². The van der Waals surface area contributed by atoms with E-state index >= 15 is 0 Å². The Kier molecular flexibility index (Phi) is 4.40. The van der Waals surface area contributed by atoms with Crippen molar-refractivity contribution in [3.05, 3.63) is 35.9 Å². The van der Waals surface area contributed by atoms with Crippen LogP contribution < -0.4 is 34.3 Å². The summed E-state index contributed by atoms with van der Waals surface area (Å²) >= 11 is 0. The SMILES string of the molecule is COc1ccc2cc(O)c(C(=O)O)cc2c1.[Na+]. The van der Waals surface area contributed by atoms with Gasteiger partial charge < -0.3 is 14.9 Å². The van der Waals surface area contributed by atoms with E-state index < -0.39 is 5.97 Å². The van der Waals surface area contributed by atoms with Crippen LogP contribution in [0.5, 0.6) is 11.5 Å². The molecule has 2 aromatic carbocycles. The van der Waals surface area contributed by atoms with E-state index in [1.807, 2.05) is 0 Å². The van der Waals surface area contributed by atoms with Crippen LogP contribution in [0.3, 0.4) is 0 Å². The van der Waals surface area contributed by atoms with Gasteiger partial charge in [-0.1, -0.05) is 6.07 Å². The summed E-state index contributed by atoms with van der Waals surface area (Å²) in [6, 6.07) is 8.09. The van der Waals surface area contributed by atoms with Crippen molar-refractivity contribution in [2.75, 3.05) is 7.11 Å². The first-order valence-electron chi connectivity index (χ1n) is 4.66. The second-order valence-corrected chi connectivity index (χ2v) is 3.39. The fourth-order valence-electron chi connectivity index (χ4n) is 1.56. The first-order valence-corrected chi connectivity index (χ1v) is 4.66. The van der Waals surface area contributed by atoms with Crippen LogP contribution in [0.15, 0.2) is 30.3 Å². The smallest absolute Gasteiger partial charge is 0.507 e. The molecule has 0 aliphatic heterocycles. The van der Waals surface area contributed by atoms with E-state index in [2.05, 4.69) is 0 Å². The Labute approximate surface area is 120 Å². The van der Waals surface area contributed by atoms with E-state index in [4.69, 9.17) is 9.84 Å². The van der Waals surface area contributed by atoms with Gasteiger partial charge >= 0.3 is 35.5 Å². The fourth-order valence-corrected chi connectivity index (χ4v) is 1.56. The molecule has 2 rings (SSSR count). The number of rotatable bonds is 2. The van der Waals surface area contributed by atoms with Crippen LogP contribution in [-0.4, -0.2) is 23.3 Å². The third-order valence-electron chi connectivity index (χ3n) is 2.39. The monoisotopic (exact) mass is 241 g/mol. The second-order valence-electron chi connectivity index (χ2n) is 3.39. The molecule has 0 saturated carbocycles. The van der Waals surface area contributed by atoms with Gasteiger partial charge in [-0.25, -0.2) is 4.79 Å². The fraction of sp³-hybridized carbons (Fsp3) is 0.0833. The quantitative estimate of drug-likeness (QED) is 0.679. The predicted molar refractivity (Wildman–Crippen MR) is 59.1 cm³/mol. The van der Waals surface area contributed by atoms with Gasteiger partial charge in [-0.05, 0) is 35.0 Å². The summed E-state index contributed by atoms with van der Waals surface area (Å²) in [5.41, 5.74) is -0.110. The van der Waals surface area contributed by atoms with Crippen LogP contribution in [0, 0.1) is 0 Å². The Morgan fingerprint density at radius 2 is 1.88 bits per heavy atom. The Hall–Kier alpha value is -1.23. The van der Waals surface area contributed by atoms with Gasteiger partial charge in [0.25, 0.3) is 0 Å². The van der Waals surface area contributed by atoms with Crippen molar-refractivity contribution < 1.29 is 49.3 Å². The molecule has 0 aromatic heterocycles. The number of methoxy groups -OCH3 is 1. The zero-order chi connectivity index (χ0) is 11.7. The van der Waals surface area contributed by atoms with Crippen molar-refractivity contribution in [3.8, 4) is 11.5 Å². The van der Waals surface area contributed by atoms with Crippen LogP contribution in [0.4, 0.5) is 0 Å². The molecule has 0 heterocycles. The third kappa shape index (κ3) is 2.72. The Morgan fingerprint density at radius 1 is 1.18 bits per heavy atom. The molecule has 0 amide bonds. The molecule has 0 atom stereocenters. The number of carboxylic acids is 1. The van der Waals surface area contributed by atoms with Crippen molar-refractivity contribution >= 4 is 16.7 Å². The number of hydrogen-bond acceptors (Lipinski definition) is 3. The minimum atomic E-state index is -1.15. The van der Waals surface area contributed by atoms with Gasteiger partial charge in [0.05, 0.1) is 7.11 Å².